The molecule has 0 amide bonds. The first kappa shape index (κ1) is 109. The van der Waals surface area contributed by atoms with Crippen molar-refractivity contribution in [1.82, 2.24) is 0 Å². The monoisotopic (exact) mass is 1880 g/mol. The summed E-state index contributed by atoms with van der Waals surface area (Å²) in [5.41, 5.74) is 47.6. The first-order valence-electron chi connectivity index (χ1n) is 57.5. The minimum atomic E-state index is -0.273. The summed E-state index contributed by atoms with van der Waals surface area (Å²) in [7, 11) is 0. The molecule has 0 aromatic heterocycles. The van der Waals surface area contributed by atoms with E-state index >= 15 is 0 Å². The second-order valence-electron chi connectivity index (χ2n) is 46.1. The van der Waals surface area contributed by atoms with Crippen molar-refractivity contribution in [3.8, 4) is 55.6 Å². The second-order valence-corrected chi connectivity index (χ2v) is 46.1. The minimum Gasteiger partial charge on any atom is -0.0654 e. The predicted molar refractivity (Wildman–Crippen MR) is 619 cm³/mol. The first-order chi connectivity index (χ1) is 68.3. The van der Waals surface area contributed by atoms with Crippen LogP contribution in [0.2, 0.25) is 0 Å². The fraction of sp³-hybridized carbons (Fsp3) is 0.489. The van der Waals surface area contributed by atoms with Crippen molar-refractivity contribution >= 4 is 0 Å². The average molecular weight is 1880 g/mol. The molecule has 0 radical (unpaired) electrons. The van der Waals surface area contributed by atoms with Crippen LogP contribution in [0.3, 0.4) is 0 Å². The van der Waals surface area contributed by atoms with Gasteiger partial charge >= 0.3 is 0 Å². The summed E-state index contributed by atoms with van der Waals surface area (Å²) >= 11 is 0. The van der Waals surface area contributed by atoms with Crippen molar-refractivity contribution in [1.29, 1.82) is 0 Å². The number of aryl methyl sites for hydroxylation is 10. The van der Waals surface area contributed by atoms with E-state index in [1.54, 1.807) is 44.5 Å². The molecule has 0 N–H and O–H groups in total. The Morgan fingerprint density at radius 1 is 0.184 bits per heavy atom. The maximum atomic E-state index is 2.55. The number of hydrogen-bond acceptors (Lipinski definition) is 0. The van der Waals surface area contributed by atoms with Gasteiger partial charge in [0.15, 0.2) is 0 Å². The summed E-state index contributed by atoms with van der Waals surface area (Å²) in [6.07, 6.45) is 51.1. The van der Waals surface area contributed by atoms with Crippen molar-refractivity contribution in [2.24, 2.45) is 23.7 Å². The molecule has 0 heteroatoms. The van der Waals surface area contributed by atoms with Crippen LogP contribution in [-0.4, -0.2) is 0 Å². The largest absolute Gasteiger partial charge is 0.0713 e. The van der Waals surface area contributed by atoms with E-state index in [2.05, 4.69) is 395 Å². The van der Waals surface area contributed by atoms with Gasteiger partial charge in [0.05, 0.1) is 5.41 Å². The van der Waals surface area contributed by atoms with Crippen LogP contribution in [0.25, 0.3) is 55.6 Å². The van der Waals surface area contributed by atoms with E-state index in [-0.39, 0.29) is 27.1 Å². The third-order valence-corrected chi connectivity index (χ3v) is 34.0. The Balaban J connectivity index is 0.000000149. The fourth-order valence-electron chi connectivity index (χ4n) is 26.2. The molecule has 2 atom stereocenters. The molecule has 5 aliphatic rings. The van der Waals surface area contributed by atoms with Gasteiger partial charge < -0.3 is 0 Å². The number of hydrogen-bond donors (Lipinski definition) is 0. The summed E-state index contributed by atoms with van der Waals surface area (Å²) in [6, 6.07) is 93.4. The van der Waals surface area contributed by atoms with E-state index in [9.17, 15) is 0 Å². The van der Waals surface area contributed by atoms with Gasteiger partial charge in [0, 0.05) is 21.7 Å². The Hall–Kier alpha value is -9.36. The molecule has 0 aliphatic heterocycles. The van der Waals surface area contributed by atoms with E-state index < -0.39 is 0 Å². The van der Waals surface area contributed by atoms with E-state index in [0.717, 1.165) is 23.7 Å². The summed E-state index contributed by atoms with van der Waals surface area (Å²) < 4.78 is 0. The van der Waals surface area contributed by atoms with Gasteiger partial charge in [-0.3, -0.25) is 0 Å². The fourth-order valence-corrected chi connectivity index (χ4v) is 26.2. The van der Waals surface area contributed by atoms with Gasteiger partial charge in [0.2, 0.25) is 0 Å². The number of benzene rings is 12. The van der Waals surface area contributed by atoms with Crippen molar-refractivity contribution in [3.63, 3.8) is 0 Å². The Labute approximate surface area is 861 Å². The minimum absolute atomic E-state index is 0.186. The van der Waals surface area contributed by atoms with Crippen LogP contribution in [-0.2, 0) is 27.1 Å². The van der Waals surface area contributed by atoms with Crippen LogP contribution >= 0.6 is 0 Å². The topological polar surface area (TPSA) is 0 Å². The summed E-state index contributed by atoms with van der Waals surface area (Å²) in [4.78, 5) is 0. The molecule has 0 saturated heterocycles. The molecule has 0 heterocycles. The number of fused-ring (bicyclic) bond motifs is 15. The molecule has 141 heavy (non-hydrogen) atoms. The zero-order valence-corrected chi connectivity index (χ0v) is 92.8. The lowest BCUT2D eigenvalue weighted by Gasteiger charge is -2.39. The molecule has 17 rings (SSSR count). The van der Waals surface area contributed by atoms with Crippen molar-refractivity contribution < 1.29 is 0 Å². The molecule has 0 bridgehead atoms. The van der Waals surface area contributed by atoms with Crippen LogP contribution in [0, 0.1) is 92.9 Å². The highest BCUT2D eigenvalue weighted by Gasteiger charge is 2.50. The lowest BCUT2D eigenvalue weighted by atomic mass is 9.65. The summed E-state index contributed by atoms with van der Waals surface area (Å²) in [6.45, 7) is 50.7. The molecular weight excluding hydrogens is 1690 g/mol. The van der Waals surface area contributed by atoms with Crippen molar-refractivity contribution in [2.45, 2.75) is 423 Å². The van der Waals surface area contributed by atoms with E-state index in [1.165, 1.54) is 378 Å². The molecule has 2 unspecified atom stereocenters. The summed E-state index contributed by atoms with van der Waals surface area (Å²) in [5, 5.41) is 0. The highest BCUT2D eigenvalue weighted by Crippen LogP contribution is 2.62. The Morgan fingerprint density at radius 3 is 0.596 bits per heavy atom. The van der Waals surface area contributed by atoms with E-state index in [1.807, 2.05) is 0 Å². The zero-order valence-electron chi connectivity index (χ0n) is 92.8. The molecule has 0 fully saturated rings. The van der Waals surface area contributed by atoms with Crippen molar-refractivity contribution in [2.75, 3.05) is 0 Å². The normalized spacial score (nSPS) is 14.6. The van der Waals surface area contributed by atoms with Crippen LogP contribution in [0.1, 0.15) is 449 Å². The summed E-state index contributed by atoms with van der Waals surface area (Å²) in [5.74, 6) is 3.11. The smallest absolute Gasteiger partial charge is 0.0654 e. The van der Waals surface area contributed by atoms with Gasteiger partial charge in [-0.2, -0.15) is 0 Å². The number of rotatable bonds is 44. The van der Waals surface area contributed by atoms with Crippen molar-refractivity contribution in [3.05, 3.63) is 365 Å². The molecule has 12 aromatic rings. The SMILES string of the molecule is CCCCC(CC)CC1(CC(CC)CCCC)c2cc(C)ccc2-c2ccc(C)cc21.CCCCCCC1(CCCCCC)c2cc(C)ccc2-c2ccc(C)cc21.CCCCCCCCC1(CCCCCCCC)c2cc(C)ccc2-c2ccc(C)cc21.Cc1ccc2c(c1)C(CCC(C)C)(CCC(C)C)c1cc(C)ccc1-2.Cc1ccc2c(c1)C(c1ccccc1)(c1ccccc1)c1cc(C)ccc1-2. The average Bonchev–Trinajstić information content (AvgIpc) is 1.53. The van der Waals surface area contributed by atoms with Gasteiger partial charge in [-0.1, -0.05) is 561 Å². The van der Waals surface area contributed by atoms with Crippen LogP contribution in [0.15, 0.2) is 243 Å². The second kappa shape index (κ2) is 51.4. The Bertz CT molecular complexity index is 5600. The molecule has 12 aromatic carbocycles. The molecule has 750 valence electrons. The van der Waals surface area contributed by atoms with Gasteiger partial charge in [-0.25, -0.2) is 0 Å². The lowest BCUT2D eigenvalue weighted by molar-refractivity contribution is 0.266. The predicted octanol–water partition coefficient (Wildman–Crippen LogP) is 42.5. The Kier molecular flexibility index (Phi) is 39.7. The van der Waals surface area contributed by atoms with Gasteiger partial charge in [-0.05, 0) is 280 Å². The van der Waals surface area contributed by atoms with Crippen LogP contribution < -0.4 is 0 Å². The number of unbranched alkanes of at least 4 members (excludes halogenated alkanes) is 18. The molecule has 0 nitrogen and oxygen atoms in total. The van der Waals surface area contributed by atoms with Gasteiger partial charge in [-0.15, -0.1) is 0 Å². The molecular formula is C141H186. The van der Waals surface area contributed by atoms with Gasteiger partial charge in [0.1, 0.15) is 0 Å². The highest BCUT2D eigenvalue weighted by molar-refractivity contribution is 5.89. The van der Waals surface area contributed by atoms with Crippen LogP contribution in [0.4, 0.5) is 0 Å². The maximum Gasteiger partial charge on any atom is 0.0713 e. The zero-order chi connectivity index (χ0) is 100. The third-order valence-electron chi connectivity index (χ3n) is 34.0. The van der Waals surface area contributed by atoms with Gasteiger partial charge in [0.25, 0.3) is 0 Å². The quantitative estimate of drug-likeness (QED) is 0.0334. The Morgan fingerprint density at radius 2 is 0.376 bits per heavy atom. The van der Waals surface area contributed by atoms with Crippen LogP contribution in [0.5, 0.6) is 0 Å². The first-order valence-corrected chi connectivity index (χ1v) is 57.5. The molecule has 5 aliphatic carbocycles. The maximum absolute atomic E-state index is 2.55. The van der Waals surface area contributed by atoms with E-state index in [0.29, 0.717) is 0 Å². The standard InChI is InChI=1S/2C31H46.C27H22.C27H38.C25H34/c1-7-11-13-25(9-3)21-31(22-26(10-4)14-12-8-2)29-19-23(5)15-17-27(29)28-18-16-24(6)20-30(28)31;1-5-7-9-11-13-15-21-31(22-16-14-12-10-8-6-2)29-23-25(3)17-19-27(29)28-20-18-26(4)24-30(28)31;1-19-13-15-23-24-16-14-20(2)18-26(24)27(25(23)17-19,21-9-5-3-6-10-21)22-11-7-4-8-12-22;1-5-7-9-11-17-27(18-12-10-8-6-2)25-19-21(3)13-15-23(25)24-16-14-22(4)20-26(24)27;1-17(2)11-13-25(14-12-18(3)4)23-15-19(5)7-9-21(23)22-10-8-20(6)16-24(22)25/h15-20,25-26H,7-14,21-22H2,1-6H3;17-20,23-24H,5-16,21-22H2,1-4H3;3-18H,1-2H3;13-16,19-20H,5-12,17-18H2,1-4H3;7-10,15-18H,11-14H2,1-6H3. The molecule has 0 saturated carbocycles. The highest BCUT2D eigenvalue weighted by atomic mass is 14.5. The lowest BCUT2D eigenvalue weighted by Crippen LogP contribution is -2.31. The molecule has 0 spiro atoms. The van der Waals surface area contributed by atoms with E-state index in [4.69, 9.17) is 0 Å². The third kappa shape index (κ3) is 24.9.